The van der Waals surface area contributed by atoms with E-state index in [0.29, 0.717) is 19.5 Å². The number of carbonyl (C=O) groups excluding carboxylic acids is 2. The molecular formula is C13H23N3O2. The van der Waals surface area contributed by atoms with Crippen molar-refractivity contribution in [3.05, 3.63) is 0 Å². The lowest BCUT2D eigenvalue weighted by molar-refractivity contribution is -0.134. The molecule has 18 heavy (non-hydrogen) atoms. The highest BCUT2D eigenvalue weighted by molar-refractivity contribution is 5.82. The van der Waals surface area contributed by atoms with Crippen LogP contribution in [0.4, 0.5) is 0 Å². The summed E-state index contributed by atoms with van der Waals surface area (Å²) in [5, 5.41) is 3.25. The van der Waals surface area contributed by atoms with E-state index >= 15 is 0 Å². The molecule has 102 valence electrons. The maximum atomic E-state index is 12.3. The molecule has 2 fully saturated rings. The van der Waals surface area contributed by atoms with Gasteiger partial charge in [0.05, 0.1) is 6.04 Å². The smallest absolute Gasteiger partial charge is 0.239 e. The van der Waals surface area contributed by atoms with Gasteiger partial charge >= 0.3 is 0 Å². The molecule has 0 aromatic rings. The number of rotatable bonds is 2. The Bertz CT molecular complexity index is 313. The van der Waals surface area contributed by atoms with Gasteiger partial charge in [-0.25, -0.2) is 0 Å². The highest BCUT2D eigenvalue weighted by Crippen LogP contribution is 2.11. The highest BCUT2D eigenvalue weighted by Gasteiger charge is 2.28. The van der Waals surface area contributed by atoms with E-state index in [1.165, 1.54) is 0 Å². The number of hydrogen-bond acceptors (Lipinski definition) is 3. The lowest BCUT2D eigenvalue weighted by Crippen LogP contribution is -2.45. The number of amides is 2. The van der Waals surface area contributed by atoms with E-state index < -0.39 is 0 Å². The fourth-order valence-electron chi connectivity index (χ4n) is 2.73. The number of nitrogens with one attached hydrogen (secondary N) is 1. The summed E-state index contributed by atoms with van der Waals surface area (Å²) in [6, 6.07) is 0.0124. The Morgan fingerprint density at radius 2 is 1.83 bits per heavy atom. The van der Waals surface area contributed by atoms with Gasteiger partial charge in [0.25, 0.3) is 0 Å². The maximum absolute atomic E-state index is 12.3. The molecule has 0 aromatic heterocycles. The van der Waals surface area contributed by atoms with E-state index in [-0.39, 0.29) is 17.9 Å². The quantitative estimate of drug-likeness (QED) is 0.765. The van der Waals surface area contributed by atoms with Gasteiger partial charge in [0, 0.05) is 32.6 Å². The first kappa shape index (κ1) is 13.3. The third-order valence-corrected chi connectivity index (χ3v) is 3.82. The summed E-state index contributed by atoms with van der Waals surface area (Å²) in [5.41, 5.74) is 0. The summed E-state index contributed by atoms with van der Waals surface area (Å²) in [5.74, 6) is 0.418. The van der Waals surface area contributed by atoms with Gasteiger partial charge in [-0.3, -0.25) is 9.59 Å². The topological polar surface area (TPSA) is 52.7 Å². The Balaban J connectivity index is 1.88. The normalized spacial score (nSPS) is 25.1. The molecule has 0 radical (unpaired) electrons. The van der Waals surface area contributed by atoms with Crippen molar-refractivity contribution in [2.75, 3.05) is 32.7 Å². The molecule has 0 aliphatic carbocycles. The largest absolute Gasteiger partial charge is 0.341 e. The van der Waals surface area contributed by atoms with Crippen LogP contribution in [0.2, 0.25) is 0 Å². The molecule has 0 aromatic carbocycles. The summed E-state index contributed by atoms with van der Waals surface area (Å²) in [6.07, 6.45) is 3.49. The van der Waals surface area contributed by atoms with Gasteiger partial charge in [-0.05, 0) is 25.8 Å². The van der Waals surface area contributed by atoms with E-state index in [4.69, 9.17) is 0 Å². The van der Waals surface area contributed by atoms with Crippen LogP contribution < -0.4 is 5.32 Å². The highest BCUT2D eigenvalue weighted by atomic mass is 16.2. The Morgan fingerprint density at radius 3 is 2.50 bits per heavy atom. The van der Waals surface area contributed by atoms with Crippen molar-refractivity contribution < 1.29 is 9.59 Å². The Hall–Kier alpha value is -1.10. The fourth-order valence-corrected chi connectivity index (χ4v) is 2.73. The molecule has 0 unspecified atom stereocenters. The minimum absolute atomic E-state index is 0.0124. The zero-order valence-corrected chi connectivity index (χ0v) is 11.2. The van der Waals surface area contributed by atoms with Gasteiger partial charge in [-0.15, -0.1) is 0 Å². The zero-order chi connectivity index (χ0) is 13.0. The van der Waals surface area contributed by atoms with Crippen LogP contribution in [0.25, 0.3) is 0 Å². The van der Waals surface area contributed by atoms with Crippen LogP contribution in [0.3, 0.4) is 0 Å². The van der Waals surface area contributed by atoms with Crippen LogP contribution in [-0.2, 0) is 9.59 Å². The zero-order valence-electron chi connectivity index (χ0n) is 11.2. The maximum Gasteiger partial charge on any atom is 0.239 e. The molecule has 1 atom stereocenters. The molecule has 2 amide bonds. The third-order valence-electron chi connectivity index (χ3n) is 3.82. The minimum atomic E-state index is 0.0124. The second kappa shape index (κ2) is 6.18. The summed E-state index contributed by atoms with van der Waals surface area (Å²) >= 11 is 0. The molecule has 1 N–H and O–H groups in total. The van der Waals surface area contributed by atoms with Crippen LogP contribution in [-0.4, -0.2) is 60.4 Å². The van der Waals surface area contributed by atoms with Gasteiger partial charge in [0.2, 0.25) is 11.8 Å². The second-order valence-corrected chi connectivity index (χ2v) is 5.06. The van der Waals surface area contributed by atoms with Gasteiger partial charge in [0.1, 0.15) is 0 Å². The third kappa shape index (κ3) is 3.02. The average Bonchev–Trinajstić information content (AvgIpc) is 2.81. The predicted molar refractivity (Wildman–Crippen MR) is 69.1 cm³/mol. The van der Waals surface area contributed by atoms with Crippen molar-refractivity contribution in [3.8, 4) is 0 Å². The Morgan fingerprint density at radius 1 is 1.11 bits per heavy atom. The Labute approximate surface area is 108 Å². The van der Waals surface area contributed by atoms with Crippen LogP contribution in [0.1, 0.15) is 32.6 Å². The summed E-state index contributed by atoms with van der Waals surface area (Å²) in [4.78, 5) is 27.7. The minimum Gasteiger partial charge on any atom is -0.341 e. The molecule has 2 rings (SSSR count). The van der Waals surface area contributed by atoms with Crippen molar-refractivity contribution in [1.82, 2.24) is 15.1 Å². The number of hydrogen-bond donors (Lipinski definition) is 1. The van der Waals surface area contributed by atoms with Crippen molar-refractivity contribution >= 4 is 11.8 Å². The van der Waals surface area contributed by atoms with Gasteiger partial charge < -0.3 is 15.1 Å². The molecule has 5 heteroatoms. The molecule has 0 bridgehead atoms. The van der Waals surface area contributed by atoms with Crippen molar-refractivity contribution in [2.45, 2.75) is 38.6 Å². The molecule has 5 nitrogen and oxygen atoms in total. The van der Waals surface area contributed by atoms with E-state index in [1.807, 2.05) is 16.7 Å². The van der Waals surface area contributed by atoms with Crippen LogP contribution >= 0.6 is 0 Å². The number of nitrogens with zero attached hydrogens (tertiary/aromatic N) is 2. The van der Waals surface area contributed by atoms with Crippen molar-refractivity contribution in [2.24, 2.45) is 0 Å². The van der Waals surface area contributed by atoms with Crippen LogP contribution in [0.15, 0.2) is 0 Å². The molecule has 2 saturated heterocycles. The first-order valence-electron chi connectivity index (χ1n) is 7.02. The van der Waals surface area contributed by atoms with Crippen molar-refractivity contribution in [1.29, 1.82) is 0 Å². The van der Waals surface area contributed by atoms with Gasteiger partial charge in [0.15, 0.2) is 0 Å². The molecule has 2 aliphatic rings. The lowest BCUT2D eigenvalue weighted by atomic mass is 10.2. The van der Waals surface area contributed by atoms with E-state index in [2.05, 4.69) is 5.32 Å². The summed E-state index contributed by atoms with van der Waals surface area (Å²) in [7, 11) is 0. The van der Waals surface area contributed by atoms with E-state index in [9.17, 15) is 9.59 Å². The molecule has 0 saturated carbocycles. The van der Waals surface area contributed by atoms with Crippen LogP contribution in [0.5, 0.6) is 0 Å². The molecule has 2 aliphatic heterocycles. The van der Waals surface area contributed by atoms with Gasteiger partial charge in [-0.2, -0.15) is 0 Å². The van der Waals surface area contributed by atoms with Crippen LogP contribution in [0, 0.1) is 0 Å². The molecule has 2 heterocycles. The predicted octanol–water partition coefficient (Wildman–Crippen LogP) is 0.209. The van der Waals surface area contributed by atoms with E-state index in [0.717, 1.165) is 38.9 Å². The summed E-state index contributed by atoms with van der Waals surface area (Å²) in [6.45, 7) is 5.77. The first-order valence-corrected chi connectivity index (χ1v) is 7.02. The summed E-state index contributed by atoms with van der Waals surface area (Å²) < 4.78 is 0. The second-order valence-electron chi connectivity index (χ2n) is 5.06. The SMILES string of the molecule is CCC(=O)N1CCCN(C(=O)[C@@H]2CCCN2)CC1. The molecular weight excluding hydrogens is 230 g/mol. The van der Waals surface area contributed by atoms with E-state index in [1.54, 1.807) is 0 Å². The number of carbonyl (C=O) groups is 2. The average molecular weight is 253 g/mol. The molecule has 0 spiro atoms. The Kier molecular flexibility index (Phi) is 4.58. The fraction of sp³-hybridized carbons (Fsp3) is 0.846. The first-order chi connectivity index (χ1) is 8.72. The lowest BCUT2D eigenvalue weighted by Gasteiger charge is -2.24. The standard InChI is InChI=1S/C13H23N3O2/c1-2-12(17)15-7-4-8-16(10-9-15)13(18)11-5-3-6-14-11/h11,14H,2-10H2,1H3/t11-/m0/s1. The monoisotopic (exact) mass is 253 g/mol. The van der Waals surface area contributed by atoms with Gasteiger partial charge in [-0.1, -0.05) is 6.92 Å². The van der Waals surface area contributed by atoms with Crippen molar-refractivity contribution in [3.63, 3.8) is 0 Å².